The second kappa shape index (κ2) is 9.19. The highest BCUT2D eigenvalue weighted by Crippen LogP contribution is 2.21. The van der Waals surface area contributed by atoms with Crippen LogP contribution in [-0.4, -0.2) is 35.8 Å². The monoisotopic (exact) mass is 437 g/mol. The van der Waals surface area contributed by atoms with Gasteiger partial charge in [0.25, 0.3) is 5.56 Å². The number of carbonyl (C=O) groups is 1. The number of pyridine rings is 1. The van der Waals surface area contributed by atoms with E-state index in [9.17, 15) is 18.4 Å². The minimum atomic E-state index is -1.06. The molecule has 2 aromatic carbocycles. The number of nitrogens with zero attached hydrogens (tertiary/aromatic N) is 2. The number of hydrazone groups is 1. The number of ketones is 1. The predicted molar refractivity (Wildman–Crippen MR) is 120 cm³/mol. The molecule has 0 spiro atoms. The molecule has 3 aromatic rings. The standard InChI is InChI=1S/C23H21F2N5O2/c24-18-10-15-9-17(23(32)29-20(15)11-19(18)25)21(30-26)12-28-16-3-1-13(2-4-16)22(31)14-5-7-27-8-6-14/h1-4,9-12,14,27H,5-8,26H2,(H,29,32). The molecule has 2 heterocycles. The van der Waals surface area contributed by atoms with Crippen LogP contribution in [0.1, 0.15) is 28.8 Å². The quantitative estimate of drug-likeness (QED) is 0.246. The van der Waals surface area contributed by atoms with Crippen molar-refractivity contribution in [2.45, 2.75) is 12.8 Å². The third-order valence-corrected chi connectivity index (χ3v) is 5.50. The molecule has 1 aliphatic heterocycles. The summed E-state index contributed by atoms with van der Waals surface area (Å²) in [5.74, 6) is 3.50. The highest BCUT2D eigenvalue weighted by Gasteiger charge is 2.22. The van der Waals surface area contributed by atoms with Crippen LogP contribution in [0.4, 0.5) is 14.5 Å². The number of rotatable bonds is 5. The van der Waals surface area contributed by atoms with Crippen LogP contribution in [0.25, 0.3) is 10.9 Å². The maximum atomic E-state index is 13.6. The Labute approximate surface area is 182 Å². The molecule has 1 aromatic heterocycles. The van der Waals surface area contributed by atoms with Crippen molar-refractivity contribution < 1.29 is 13.6 Å². The molecule has 1 saturated heterocycles. The Morgan fingerprint density at radius 1 is 1.06 bits per heavy atom. The van der Waals surface area contributed by atoms with Gasteiger partial charge in [0.2, 0.25) is 0 Å². The van der Waals surface area contributed by atoms with Gasteiger partial charge in [-0.2, -0.15) is 5.10 Å². The van der Waals surface area contributed by atoms with Crippen molar-refractivity contribution in [3.05, 3.63) is 75.6 Å². The van der Waals surface area contributed by atoms with Crippen molar-refractivity contribution in [3.63, 3.8) is 0 Å². The average molecular weight is 437 g/mol. The van der Waals surface area contributed by atoms with Crippen LogP contribution in [0.15, 0.2) is 57.4 Å². The molecule has 32 heavy (non-hydrogen) atoms. The number of nitrogens with one attached hydrogen (secondary N) is 2. The van der Waals surface area contributed by atoms with E-state index in [1.807, 2.05) is 0 Å². The van der Waals surface area contributed by atoms with E-state index in [4.69, 9.17) is 5.84 Å². The molecule has 7 nitrogen and oxygen atoms in total. The number of halogens is 2. The van der Waals surface area contributed by atoms with Crippen molar-refractivity contribution in [2.75, 3.05) is 13.1 Å². The van der Waals surface area contributed by atoms with Crippen molar-refractivity contribution in [3.8, 4) is 0 Å². The van der Waals surface area contributed by atoms with E-state index in [1.165, 1.54) is 12.3 Å². The Balaban J connectivity index is 1.55. The van der Waals surface area contributed by atoms with Crippen LogP contribution in [0.2, 0.25) is 0 Å². The molecule has 0 aliphatic carbocycles. The van der Waals surface area contributed by atoms with Crippen molar-refractivity contribution in [2.24, 2.45) is 21.9 Å². The zero-order chi connectivity index (χ0) is 22.7. The second-order valence-corrected chi connectivity index (χ2v) is 7.57. The third-order valence-electron chi connectivity index (χ3n) is 5.50. The van der Waals surface area contributed by atoms with Crippen molar-refractivity contribution >= 4 is 34.3 Å². The van der Waals surface area contributed by atoms with Gasteiger partial charge in [-0.15, -0.1) is 0 Å². The summed E-state index contributed by atoms with van der Waals surface area (Å²) in [4.78, 5) is 31.8. The number of nitrogens with two attached hydrogens (primary N) is 1. The Bertz CT molecular complexity index is 1280. The van der Waals surface area contributed by atoms with Gasteiger partial charge in [-0.05, 0) is 62.3 Å². The van der Waals surface area contributed by atoms with Gasteiger partial charge in [-0.25, -0.2) is 8.78 Å². The average Bonchev–Trinajstić information content (AvgIpc) is 2.81. The van der Waals surface area contributed by atoms with Gasteiger partial charge in [0.1, 0.15) is 5.71 Å². The lowest BCUT2D eigenvalue weighted by Gasteiger charge is -2.21. The lowest BCUT2D eigenvalue weighted by atomic mass is 9.89. The lowest BCUT2D eigenvalue weighted by Crippen LogP contribution is -2.31. The fourth-order valence-corrected chi connectivity index (χ4v) is 3.73. The molecule has 0 radical (unpaired) electrons. The summed E-state index contributed by atoms with van der Waals surface area (Å²) in [6.07, 6.45) is 2.96. The van der Waals surface area contributed by atoms with E-state index < -0.39 is 17.2 Å². The molecular formula is C23H21F2N5O2. The summed E-state index contributed by atoms with van der Waals surface area (Å²) < 4.78 is 27.0. The zero-order valence-corrected chi connectivity index (χ0v) is 17.1. The lowest BCUT2D eigenvalue weighted by molar-refractivity contribution is 0.0895. The Hall–Kier alpha value is -3.72. The second-order valence-electron chi connectivity index (χ2n) is 7.57. The van der Waals surface area contributed by atoms with Gasteiger partial charge < -0.3 is 16.1 Å². The van der Waals surface area contributed by atoms with E-state index in [1.54, 1.807) is 24.3 Å². The van der Waals surface area contributed by atoms with Crippen molar-refractivity contribution in [1.82, 2.24) is 10.3 Å². The van der Waals surface area contributed by atoms with Gasteiger partial charge in [0.15, 0.2) is 17.4 Å². The maximum absolute atomic E-state index is 13.6. The van der Waals surface area contributed by atoms with Crippen LogP contribution >= 0.6 is 0 Å². The van der Waals surface area contributed by atoms with E-state index in [0.717, 1.165) is 38.1 Å². The molecule has 0 bridgehead atoms. The zero-order valence-electron chi connectivity index (χ0n) is 17.1. The molecule has 164 valence electrons. The molecule has 9 heteroatoms. The van der Waals surface area contributed by atoms with Gasteiger partial charge >= 0.3 is 0 Å². The third kappa shape index (κ3) is 4.47. The highest BCUT2D eigenvalue weighted by atomic mass is 19.2. The Morgan fingerprint density at radius 2 is 1.75 bits per heavy atom. The molecule has 1 aliphatic rings. The van der Waals surface area contributed by atoms with Crippen LogP contribution in [0.3, 0.4) is 0 Å². The number of aliphatic imine (C=N–C) groups is 1. The normalized spacial score (nSPS) is 15.5. The van der Waals surface area contributed by atoms with E-state index in [0.29, 0.717) is 11.3 Å². The first-order chi connectivity index (χ1) is 15.5. The van der Waals surface area contributed by atoms with Crippen LogP contribution in [0.5, 0.6) is 0 Å². The van der Waals surface area contributed by atoms with Gasteiger partial charge in [0, 0.05) is 22.9 Å². The van der Waals surface area contributed by atoms with E-state index >= 15 is 0 Å². The minimum Gasteiger partial charge on any atom is -0.323 e. The summed E-state index contributed by atoms with van der Waals surface area (Å²) in [5.41, 5.74) is 0.879. The summed E-state index contributed by atoms with van der Waals surface area (Å²) in [6.45, 7) is 1.69. The smallest absolute Gasteiger partial charge is 0.258 e. The highest BCUT2D eigenvalue weighted by molar-refractivity contribution is 6.38. The Morgan fingerprint density at radius 3 is 2.44 bits per heavy atom. The van der Waals surface area contributed by atoms with Gasteiger partial charge in [-0.3, -0.25) is 14.6 Å². The molecule has 0 unspecified atom stereocenters. The van der Waals surface area contributed by atoms with Gasteiger partial charge in [-0.1, -0.05) is 0 Å². The first-order valence-corrected chi connectivity index (χ1v) is 10.2. The molecule has 0 atom stereocenters. The maximum Gasteiger partial charge on any atom is 0.258 e. The molecule has 0 saturated carbocycles. The van der Waals surface area contributed by atoms with Crippen LogP contribution < -0.4 is 16.7 Å². The molecule has 4 rings (SSSR count). The molecular weight excluding hydrogens is 416 g/mol. The number of fused-ring (bicyclic) bond motifs is 1. The summed E-state index contributed by atoms with van der Waals surface area (Å²) in [5, 5.41) is 7.14. The number of benzene rings is 2. The first kappa shape index (κ1) is 21.5. The number of piperidine rings is 1. The van der Waals surface area contributed by atoms with Crippen LogP contribution in [-0.2, 0) is 0 Å². The topological polar surface area (TPSA) is 113 Å². The first-order valence-electron chi connectivity index (χ1n) is 10.2. The number of H-pyrrole nitrogens is 1. The van der Waals surface area contributed by atoms with Gasteiger partial charge in [0.05, 0.1) is 23.0 Å². The predicted octanol–water partition coefficient (Wildman–Crippen LogP) is 3.05. The largest absolute Gasteiger partial charge is 0.323 e. The number of hydrogen-bond acceptors (Lipinski definition) is 6. The van der Waals surface area contributed by atoms with E-state index in [2.05, 4.69) is 20.4 Å². The molecule has 1 fully saturated rings. The summed E-state index contributed by atoms with van der Waals surface area (Å²) >= 11 is 0. The molecule has 0 amide bonds. The number of aromatic amines is 1. The molecule has 4 N–H and O–H groups in total. The number of Topliss-reactive ketones (excluding diaryl/α,β-unsaturated/α-hetero) is 1. The number of hydrogen-bond donors (Lipinski definition) is 3. The number of carbonyl (C=O) groups excluding carboxylic acids is 1. The summed E-state index contributed by atoms with van der Waals surface area (Å²) in [6, 6.07) is 10.1. The Kier molecular flexibility index (Phi) is 6.18. The van der Waals surface area contributed by atoms with Crippen LogP contribution in [0, 0.1) is 17.6 Å². The summed E-state index contributed by atoms with van der Waals surface area (Å²) in [7, 11) is 0. The van der Waals surface area contributed by atoms with Crippen molar-refractivity contribution in [1.29, 1.82) is 0 Å². The SMILES string of the molecule is NN=C(C=Nc1ccc(C(=O)C2CCNCC2)cc1)c1cc2cc(F)c(F)cc2[nH]c1=O. The fourth-order valence-electron chi connectivity index (χ4n) is 3.73. The fraction of sp³-hybridized carbons (Fsp3) is 0.217. The number of aromatic nitrogens is 1. The van der Waals surface area contributed by atoms with E-state index in [-0.39, 0.29) is 33.9 Å². The minimum absolute atomic E-state index is 0.0273.